The van der Waals surface area contributed by atoms with E-state index in [0.29, 0.717) is 24.6 Å². The summed E-state index contributed by atoms with van der Waals surface area (Å²) in [6.07, 6.45) is 1.93. The van der Waals surface area contributed by atoms with E-state index in [2.05, 4.69) is 15.2 Å². The van der Waals surface area contributed by atoms with Gasteiger partial charge in [0.15, 0.2) is 0 Å². The molecule has 8 nitrogen and oxygen atoms in total. The Balaban J connectivity index is 1.63. The highest BCUT2D eigenvalue weighted by Gasteiger charge is 2.19. The predicted octanol–water partition coefficient (Wildman–Crippen LogP) is 1.37. The van der Waals surface area contributed by atoms with Crippen LogP contribution in [0.3, 0.4) is 0 Å². The van der Waals surface area contributed by atoms with Crippen molar-refractivity contribution in [3.05, 3.63) is 47.3 Å². The third-order valence-electron chi connectivity index (χ3n) is 4.04. The van der Waals surface area contributed by atoms with Crippen LogP contribution in [0.4, 0.5) is 0 Å². The molecule has 0 saturated carbocycles. The lowest BCUT2D eigenvalue weighted by atomic mass is 10.2. The number of aryl methyl sites for hydroxylation is 1. The molecular weight excluding hydrogens is 358 g/mol. The molecule has 1 aliphatic heterocycles. The normalized spacial score (nSPS) is 17.3. The number of aromatic nitrogens is 1. The summed E-state index contributed by atoms with van der Waals surface area (Å²) >= 11 is 0. The Labute approximate surface area is 152 Å². The standard InChI is InChI=1S/C17H21N3O5S/c1-12-8-14(20-25-12)10-19-26(22,23)16-6-2-4-13(9-16)17(21)18-11-15-5-3-7-24-15/h2,4,6,8-9,15,19H,3,5,7,10-11H2,1H3,(H,18,21)/t15-/m0/s1. The molecule has 26 heavy (non-hydrogen) atoms. The Morgan fingerprint density at radius 2 is 2.19 bits per heavy atom. The second kappa shape index (κ2) is 7.98. The topological polar surface area (TPSA) is 111 Å². The number of carbonyl (C=O) groups is 1. The van der Waals surface area contributed by atoms with Crippen molar-refractivity contribution < 1.29 is 22.5 Å². The van der Waals surface area contributed by atoms with Gasteiger partial charge in [0.1, 0.15) is 5.76 Å². The molecule has 1 aromatic carbocycles. The average molecular weight is 379 g/mol. The Bertz CT molecular complexity index is 872. The summed E-state index contributed by atoms with van der Waals surface area (Å²) in [5.74, 6) is 0.272. The second-order valence-electron chi connectivity index (χ2n) is 6.13. The molecule has 1 fully saturated rings. The van der Waals surface area contributed by atoms with Crippen LogP contribution in [0.15, 0.2) is 39.8 Å². The molecule has 2 N–H and O–H groups in total. The van der Waals surface area contributed by atoms with Crippen LogP contribution >= 0.6 is 0 Å². The largest absolute Gasteiger partial charge is 0.376 e. The molecule has 0 spiro atoms. The molecule has 0 aliphatic carbocycles. The van der Waals surface area contributed by atoms with Gasteiger partial charge in [0, 0.05) is 24.8 Å². The minimum atomic E-state index is -3.77. The van der Waals surface area contributed by atoms with Crippen molar-refractivity contribution in [2.24, 2.45) is 0 Å². The lowest BCUT2D eigenvalue weighted by Gasteiger charge is -2.11. The van der Waals surface area contributed by atoms with Crippen LogP contribution in [0.2, 0.25) is 0 Å². The maximum absolute atomic E-state index is 12.4. The van der Waals surface area contributed by atoms with Crippen molar-refractivity contribution in [2.75, 3.05) is 13.2 Å². The van der Waals surface area contributed by atoms with Crippen molar-refractivity contribution in [1.29, 1.82) is 0 Å². The first kappa shape index (κ1) is 18.6. The quantitative estimate of drug-likeness (QED) is 0.752. The number of amides is 1. The number of ether oxygens (including phenoxy) is 1. The fourth-order valence-electron chi connectivity index (χ4n) is 2.67. The lowest BCUT2D eigenvalue weighted by Crippen LogP contribution is -2.32. The van der Waals surface area contributed by atoms with E-state index < -0.39 is 10.0 Å². The SMILES string of the molecule is Cc1cc(CNS(=O)(=O)c2cccc(C(=O)NC[C@@H]3CCCO3)c2)no1. The van der Waals surface area contributed by atoms with E-state index in [9.17, 15) is 13.2 Å². The molecule has 140 valence electrons. The van der Waals surface area contributed by atoms with Gasteiger partial charge in [-0.05, 0) is 38.0 Å². The van der Waals surface area contributed by atoms with Gasteiger partial charge in [-0.25, -0.2) is 13.1 Å². The fourth-order valence-corrected chi connectivity index (χ4v) is 3.72. The van der Waals surface area contributed by atoms with Gasteiger partial charge < -0.3 is 14.6 Å². The van der Waals surface area contributed by atoms with E-state index in [-0.39, 0.29) is 29.0 Å². The molecule has 2 aromatic rings. The highest BCUT2D eigenvalue weighted by Crippen LogP contribution is 2.14. The van der Waals surface area contributed by atoms with E-state index in [1.165, 1.54) is 18.2 Å². The second-order valence-corrected chi connectivity index (χ2v) is 7.89. The fraction of sp³-hybridized carbons (Fsp3) is 0.412. The average Bonchev–Trinajstić information content (AvgIpc) is 3.29. The van der Waals surface area contributed by atoms with Crippen LogP contribution in [0.1, 0.15) is 34.7 Å². The molecule has 1 amide bonds. The monoisotopic (exact) mass is 379 g/mol. The smallest absolute Gasteiger partial charge is 0.251 e. The zero-order valence-corrected chi connectivity index (χ0v) is 15.2. The Morgan fingerprint density at radius 3 is 2.88 bits per heavy atom. The molecular formula is C17H21N3O5S. The van der Waals surface area contributed by atoms with Gasteiger partial charge in [0.25, 0.3) is 5.91 Å². The molecule has 1 aromatic heterocycles. The van der Waals surface area contributed by atoms with E-state index in [1.807, 2.05) is 0 Å². The van der Waals surface area contributed by atoms with E-state index >= 15 is 0 Å². The number of sulfonamides is 1. The number of rotatable bonds is 7. The minimum absolute atomic E-state index is 0.00904. The van der Waals surface area contributed by atoms with Gasteiger partial charge in [0.05, 0.1) is 23.2 Å². The molecule has 1 atom stereocenters. The van der Waals surface area contributed by atoms with Crippen LogP contribution < -0.4 is 10.0 Å². The number of benzene rings is 1. The van der Waals surface area contributed by atoms with Crippen LogP contribution in [0, 0.1) is 6.92 Å². The maximum Gasteiger partial charge on any atom is 0.251 e. The van der Waals surface area contributed by atoms with E-state index in [1.54, 1.807) is 19.1 Å². The van der Waals surface area contributed by atoms with E-state index in [0.717, 1.165) is 12.8 Å². The van der Waals surface area contributed by atoms with Gasteiger partial charge >= 0.3 is 0 Å². The summed E-state index contributed by atoms with van der Waals surface area (Å²) in [4.78, 5) is 12.3. The molecule has 1 aliphatic rings. The van der Waals surface area contributed by atoms with Crippen molar-refractivity contribution in [3.8, 4) is 0 Å². The highest BCUT2D eigenvalue weighted by molar-refractivity contribution is 7.89. The molecule has 0 radical (unpaired) electrons. The third kappa shape index (κ3) is 4.69. The van der Waals surface area contributed by atoms with Gasteiger partial charge in [-0.1, -0.05) is 11.2 Å². The number of hydrogen-bond donors (Lipinski definition) is 2. The lowest BCUT2D eigenvalue weighted by molar-refractivity contribution is 0.0857. The van der Waals surface area contributed by atoms with Crippen LogP contribution in [-0.4, -0.2) is 38.7 Å². The number of hydrogen-bond acceptors (Lipinski definition) is 6. The molecule has 2 heterocycles. The highest BCUT2D eigenvalue weighted by atomic mass is 32.2. The first-order valence-corrected chi connectivity index (χ1v) is 9.84. The van der Waals surface area contributed by atoms with E-state index in [4.69, 9.17) is 9.26 Å². The number of nitrogens with zero attached hydrogens (tertiary/aromatic N) is 1. The summed E-state index contributed by atoms with van der Waals surface area (Å²) < 4.78 is 37.7. The minimum Gasteiger partial charge on any atom is -0.376 e. The first-order valence-electron chi connectivity index (χ1n) is 8.36. The number of nitrogens with one attached hydrogen (secondary N) is 2. The predicted molar refractivity (Wildman–Crippen MR) is 93.0 cm³/mol. The van der Waals surface area contributed by atoms with Crippen LogP contribution in [0.25, 0.3) is 0 Å². The molecule has 3 rings (SSSR count). The van der Waals surface area contributed by atoms with Crippen LogP contribution in [-0.2, 0) is 21.3 Å². The maximum atomic E-state index is 12.4. The zero-order chi connectivity index (χ0) is 18.6. The number of carbonyl (C=O) groups excluding carboxylic acids is 1. The third-order valence-corrected chi connectivity index (χ3v) is 5.44. The van der Waals surface area contributed by atoms with Crippen molar-refractivity contribution in [1.82, 2.24) is 15.2 Å². The molecule has 0 bridgehead atoms. The van der Waals surface area contributed by atoms with Gasteiger partial charge in [0.2, 0.25) is 10.0 Å². The summed E-state index contributed by atoms with van der Waals surface area (Å²) in [5, 5.41) is 6.52. The first-order chi connectivity index (χ1) is 12.4. The summed E-state index contributed by atoms with van der Waals surface area (Å²) in [6.45, 7) is 2.86. The Morgan fingerprint density at radius 1 is 1.35 bits per heavy atom. The van der Waals surface area contributed by atoms with Crippen molar-refractivity contribution in [2.45, 2.75) is 37.3 Å². The molecule has 1 saturated heterocycles. The summed E-state index contributed by atoms with van der Waals surface area (Å²) in [7, 11) is -3.77. The van der Waals surface area contributed by atoms with Gasteiger partial charge in [-0.15, -0.1) is 0 Å². The van der Waals surface area contributed by atoms with Gasteiger partial charge in [-0.3, -0.25) is 4.79 Å². The zero-order valence-electron chi connectivity index (χ0n) is 14.4. The summed E-state index contributed by atoms with van der Waals surface area (Å²) in [5.41, 5.74) is 0.764. The van der Waals surface area contributed by atoms with Crippen molar-refractivity contribution in [3.63, 3.8) is 0 Å². The molecule has 0 unspecified atom stereocenters. The van der Waals surface area contributed by atoms with Gasteiger partial charge in [-0.2, -0.15) is 0 Å². The Kier molecular flexibility index (Phi) is 5.70. The Hall–Kier alpha value is -2.23. The summed E-state index contributed by atoms with van der Waals surface area (Å²) in [6, 6.07) is 7.55. The van der Waals surface area contributed by atoms with Crippen molar-refractivity contribution >= 4 is 15.9 Å². The van der Waals surface area contributed by atoms with Crippen LogP contribution in [0.5, 0.6) is 0 Å². The molecule has 9 heteroatoms.